The first kappa shape index (κ1) is 20.7. The standard InChI is InChI=1S/C23H21N5O5/c1-12-11-13(27-10-9-24-23(27)33)5-6-15(12)25-16-4-2-3-14-19(16)22(32)28(21(14)31)17-7-8-18(29)26-20(17)30/h2-6,11,17,25H,7-10H2,1H3,(H,24,33)(H,26,29,30). The minimum absolute atomic E-state index is 0.0650. The van der Waals surface area contributed by atoms with E-state index in [-0.39, 0.29) is 30.0 Å². The Hall–Kier alpha value is -4.21. The Morgan fingerprint density at radius 3 is 2.52 bits per heavy atom. The zero-order chi connectivity index (χ0) is 23.3. The third-order valence-electron chi connectivity index (χ3n) is 6.12. The average molecular weight is 447 g/mol. The molecule has 168 valence electrons. The van der Waals surface area contributed by atoms with Crippen molar-refractivity contribution in [2.24, 2.45) is 0 Å². The number of nitrogens with zero attached hydrogens (tertiary/aromatic N) is 2. The number of rotatable bonds is 4. The van der Waals surface area contributed by atoms with Crippen molar-refractivity contribution in [3.63, 3.8) is 0 Å². The van der Waals surface area contributed by atoms with Gasteiger partial charge < -0.3 is 10.6 Å². The van der Waals surface area contributed by atoms with Crippen LogP contribution in [0.1, 0.15) is 39.1 Å². The summed E-state index contributed by atoms with van der Waals surface area (Å²) in [7, 11) is 0. The van der Waals surface area contributed by atoms with Gasteiger partial charge in [-0.2, -0.15) is 0 Å². The second-order valence-electron chi connectivity index (χ2n) is 8.18. The summed E-state index contributed by atoms with van der Waals surface area (Å²) >= 11 is 0. The van der Waals surface area contributed by atoms with Gasteiger partial charge in [-0.1, -0.05) is 6.07 Å². The first-order chi connectivity index (χ1) is 15.8. The average Bonchev–Trinajstić information content (AvgIpc) is 3.32. The fraction of sp³-hybridized carbons (Fsp3) is 0.261. The molecule has 6 amide bonds. The molecule has 5 rings (SSSR count). The van der Waals surface area contributed by atoms with Gasteiger partial charge in [-0.15, -0.1) is 0 Å². The van der Waals surface area contributed by atoms with Crippen molar-refractivity contribution in [1.82, 2.24) is 15.5 Å². The number of carbonyl (C=O) groups excluding carboxylic acids is 5. The van der Waals surface area contributed by atoms with E-state index in [0.717, 1.165) is 16.2 Å². The summed E-state index contributed by atoms with van der Waals surface area (Å²) in [6.45, 7) is 3.06. The van der Waals surface area contributed by atoms with Gasteiger partial charge in [0.05, 0.1) is 16.8 Å². The second kappa shape index (κ2) is 7.73. The molecule has 1 unspecified atom stereocenters. The van der Waals surface area contributed by atoms with E-state index in [4.69, 9.17) is 0 Å². The molecule has 0 saturated carbocycles. The van der Waals surface area contributed by atoms with Gasteiger partial charge in [0.15, 0.2) is 0 Å². The fourth-order valence-electron chi connectivity index (χ4n) is 4.44. The molecule has 3 N–H and O–H groups in total. The number of aryl methyl sites for hydroxylation is 1. The minimum atomic E-state index is -1.02. The van der Waals surface area contributed by atoms with E-state index in [1.807, 2.05) is 25.1 Å². The summed E-state index contributed by atoms with van der Waals surface area (Å²) < 4.78 is 0. The lowest BCUT2D eigenvalue weighted by molar-refractivity contribution is -0.136. The Balaban J connectivity index is 1.44. The Labute approximate surface area is 188 Å². The molecule has 0 aromatic heterocycles. The smallest absolute Gasteiger partial charge is 0.321 e. The first-order valence-electron chi connectivity index (χ1n) is 10.6. The van der Waals surface area contributed by atoms with E-state index < -0.39 is 29.7 Å². The Kier molecular flexibility index (Phi) is 4.85. The highest BCUT2D eigenvalue weighted by molar-refractivity contribution is 6.25. The third kappa shape index (κ3) is 3.39. The zero-order valence-corrected chi connectivity index (χ0v) is 17.8. The number of anilines is 3. The zero-order valence-electron chi connectivity index (χ0n) is 17.8. The number of benzene rings is 2. The van der Waals surface area contributed by atoms with Crippen molar-refractivity contribution < 1.29 is 24.0 Å². The number of amides is 6. The van der Waals surface area contributed by atoms with E-state index in [9.17, 15) is 24.0 Å². The number of nitrogens with one attached hydrogen (secondary N) is 3. The monoisotopic (exact) mass is 447 g/mol. The highest BCUT2D eigenvalue weighted by Crippen LogP contribution is 2.35. The number of hydrogen-bond donors (Lipinski definition) is 3. The molecule has 1 atom stereocenters. The molecule has 2 aromatic rings. The number of imide groups is 2. The van der Waals surface area contributed by atoms with Gasteiger partial charge >= 0.3 is 6.03 Å². The van der Waals surface area contributed by atoms with Crippen LogP contribution in [0.4, 0.5) is 21.9 Å². The van der Waals surface area contributed by atoms with Crippen LogP contribution in [0.25, 0.3) is 0 Å². The van der Waals surface area contributed by atoms with Crippen LogP contribution < -0.4 is 20.9 Å². The number of fused-ring (bicyclic) bond motifs is 1. The van der Waals surface area contributed by atoms with E-state index in [2.05, 4.69) is 16.0 Å². The van der Waals surface area contributed by atoms with Crippen LogP contribution in [0.2, 0.25) is 0 Å². The van der Waals surface area contributed by atoms with Crippen LogP contribution in [-0.2, 0) is 9.59 Å². The topological polar surface area (TPSA) is 128 Å². The van der Waals surface area contributed by atoms with E-state index in [0.29, 0.717) is 24.5 Å². The highest BCUT2D eigenvalue weighted by Gasteiger charge is 2.45. The van der Waals surface area contributed by atoms with E-state index >= 15 is 0 Å². The molecule has 10 heteroatoms. The highest BCUT2D eigenvalue weighted by atomic mass is 16.2. The van der Waals surface area contributed by atoms with Gasteiger partial charge in [0, 0.05) is 30.9 Å². The molecule has 2 aromatic carbocycles. The number of hydrogen-bond acceptors (Lipinski definition) is 6. The summed E-state index contributed by atoms with van der Waals surface area (Å²) in [6, 6.07) is 9.25. The van der Waals surface area contributed by atoms with Crippen molar-refractivity contribution in [3.8, 4) is 0 Å². The SMILES string of the molecule is Cc1cc(N2CCNC2=O)ccc1Nc1cccc2c1C(=O)N(C1CCC(=O)NC1=O)C2=O. The molecule has 33 heavy (non-hydrogen) atoms. The molecule has 2 fully saturated rings. The Bertz CT molecular complexity index is 1240. The van der Waals surface area contributed by atoms with Crippen LogP contribution in [0.3, 0.4) is 0 Å². The fourth-order valence-corrected chi connectivity index (χ4v) is 4.44. The normalized spacial score (nSPS) is 20.2. The summed E-state index contributed by atoms with van der Waals surface area (Å²) in [5.74, 6) is -2.19. The van der Waals surface area contributed by atoms with Crippen molar-refractivity contribution in [2.75, 3.05) is 23.3 Å². The van der Waals surface area contributed by atoms with Crippen LogP contribution in [0.5, 0.6) is 0 Å². The van der Waals surface area contributed by atoms with Crippen molar-refractivity contribution in [3.05, 3.63) is 53.1 Å². The van der Waals surface area contributed by atoms with Gasteiger partial charge in [0.1, 0.15) is 6.04 Å². The Morgan fingerprint density at radius 1 is 1.00 bits per heavy atom. The summed E-state index contributed by atoms with van der Waals surface area (Å²) in [5, 5.41) is 8.18. The summed E-state index contributed by atoms with van der Waals surface area (Å²) in [6.07, 6.45) is 0.166. The molecule has 10 nitrogen and oxygen atoms in total. The summed E-state index contributed by atoms with van der Waals surface area (Å²) in [5.41, 5.74) is 3.17. The van der Waals surface area contributed by atoms with Gasteiger partial charge in [0.25, 0.3) is 11.8 Å². The molecule has 3 aliphatic rings. The number of urea groups is 1. The molecule has 0 radical (unpaired) electrons. The number of piperidine rings is 1. The largest absolute Gasteiger partial charge is 0.355 e. The van der Waals surface area contributed by atoms with Crippen LogP contribution in [0, 0.1) is 6.92 Å². The predicted octanol–water partition coefficient (Wildman–Crippen LogP) is 1.67. The van der Waals surface area contributed by atoms with Crippen LogP contribution in [-0.4, -0.2) is 53.7 Å². The van der Waals surface area contributed by atoms with E-state index in [1.54, 1.807) is 23.1 Å². The maximum Gasteiger partial charge on any atom is 0.321 e. The molecular weight excluding hydrogens is 426 g/mol. The predicted molar refractivity (Wildman–Crippen MR) is 118 cm³/mol. The lowest BCUT2D eigenvalue weighted by Crippen LogP contribution is -2.54. The van der Waals surface area contributed by atoms with E-state index in [1.165, 1.54) is 0 Å². The lowest BCUT2D eigenvalue weighted by atomic mass is 10.0. The quantitative estimate of drug-likeness (QED) is 0.612. The number of carbonyl (C=O) groups is 5. The maximum absolute atomic E-state index is 13.2. The minimum Gasteiger partial charge on any atom is -0.355 e. The molecule has 3 aliphatic heterocycles. The van der Waals surface area contributed by atoms with Crippen molar-refractivity contribution in [1.29, 1.82) is 0 Å². The van der Waals surface area contributed by atoms with Crippen molar-refractivity contribution in [2.45, 2.75) is 25.8 Å². The molecular formula is C23H21N5O5. The van der Waals surface area contributed by atoms with Gasteiger partial charge in [-0.3, -0.25) is 34.3 Å². The second-order valence-corrected chi connectivity index (χ2v) is 8.18. The van der Waals surface area contributed by atoms with Gasteiger partial charge in [-0.05, 0) is 49.2 Å². The molecule has 2 saturated heterocycles. The van der Waals surface area contributed by atoms with Crippen LogP contribution >= 0.6 is 0 Å². The van der Waals surface area contributed by atoms with Gasteiger partial charge in [-0.25, -0.2) is 4.79 Å². The van der Waals surface area contributed by atoms with Crippen molar-refractivity contribution >= 4 is 46.7 Å². The molecule has 0 aliphatic carbocycles. The molecule has 0 spiro atoms. The third-order valence-corrected chi connectivity index (χ3v) is 6.12. The maximum atomic E-state index is 13.2. The lowest BCUT2D eigenvalue weighted by Gasteiger charge is -2.27. The molecule has 0 bridgehead atoms. The van der Waals surface area contributed by atoms with Gasteiger partial charge in [0.2, 0.25) is 11.8 Å². The summed E-state index contributed by atoms with van der Waals surface area (Å²) in [4.78, 5) is 64.5. The first-order valence-corrected chi connectivity index (χ1v) is 10.6. The Morgan fingerprint density at radius 2 is 1.82 bits per heavy atom. The molecule has 3 heterocycles. The van der Waals surface area contributed by atoms with Crippen LogP contribution in [0.15, 0.2) is 36.4 Å².